The van der Waals surface area contributed by atoms with E-state index < -0.39 is 29.2 Å². The first-order valence-electron chi connectivity index (χ1n) is 4.66. The Morgan fingerprint density at radius 1 is 1.33 bits per heavy atom. The molecule has 0 heterocycles. The minimum absolute atomic E-state index is 0.0516. The third-order valence-electron chi connectivity index (χ3n) is 1.86. The first-order chi connectivity index (χ1) is 8.45. The fourth-order valence-corrected chi connectivity index (χ4v) is 1.16. The molecule has 1 aromatic rings. The Morgan fingerprint density at radius 2 is 1.89 bits per heavy atom. The molecule has 1 rings (SSSR count). The zero-order chi connectivity index (χ0) is 13.7. The number of benzene rings is 1. The number of carbonyl (C=O) groups excluding carboxylic acids is 1. The van der Waals surface area contributed by atoms with E-state index in [1.165, 1.54) is 0 Å². The van der Waals surface area contributed by atoms with Crippen LogP contribution in [0.25, 0.3) is 0 Å². The Labute approximate surface area is 101 Å². The topological polar surface area (TPSA) is 78.4 Å². The van der Waals surface area contributed by atoms with Gasteiger partial charge >= 0.3 is 12.0 Å². The number of aromatic carboxylic acids is 1. The number of urea groups is 1. The van der Waals surface area contributed by atoms with Gasteiger partial charge in [0.05, 0.1) is 6.54 Å². The van der Waals surface area contributed by atoms with Crippen molar-refractivity contribution in [3.05, 3.63) is 29.3 Å². The third-order valence-corrected chi connectivity index (χ3v) is 1.86. The maximum atomic E-state index is 13.2. The van der Waals surface area contributed by atoms with E-state index in [2.05, 4.69) is 16.6 Å². The van der Waals surface area contributed by atoms with Gasteiger partial charge in [-0.1, -0.05) is 5.92 Å². The normalized spacial score (nSPS) is 9.39. The summed E-state index contributed by atoms with van der Waals surface area (Å²) >= 11 is 0. The first kappa shape index (κ1) is 13.4. The number of carboxylic acids is 1. The molecule has 0 aliphatic rings. The van der Waals surface area contributed by atoms with Crippen LogP contribution in [-0.4, -0.2) is 23.7 Å². The summed E-state index contributed by atoms with van der Waals surface area (Å²) in [6, 6.07) is 0.638. The van der Waals surface area contributed by atoms with Crippen LogP contribution in [-0.2, 0) is 0 Å². The SMILES string of the molecule is C#CCNC(=O)Nc1cc(F)c(C(=O)O)c(F)c1. The van der Waals surface area contributed by atoms with Crippen LogP contribution < -0.4 is 10.6 Å². The molecule has 7 heteroatoms. The van der Waals surface area contributed by atoms with Crippen molar-refractivity contribution in [3.63, 3.8) is 0 Å². The third kappa shape index (κ3) is 3.18. The van der Waals surface area contributed by atoms with Crippen molar-refractivity contribution in [1.29, 1.82) is 0 Å². The van der Waals surface area contributed by atoms with E-state index in [0.29, 0.717) is 12.1 Å². The van der Waals surface area contributed by atoms with E-state index in [9.17, 15) is 18.4 Å². The van der Waals surface area contributed by atoms with Crippen LogP contribution in [0.3, 0.4) is 0 Å². The van der Waals surface area contributed by atoms with Gasteiger partial charge in [0, 0.05) is 5.69 Å². The predicted octanol–water partition coefficient (Wildman–Crippen LogP) is 1.42. The zero-order valence-corrected chi connectivity index (χ0v) is 8.96. The molecule has 5 nitrogen and oxygen atoms in total. The average Bonchev–Trinajstić information content (AvgIpc) is 2.24. The molecule has 0 saturated heterocycles. The van der Waals surface area contributed by atoms with Gasteiger partial charge in [-0.15, -0.1) is 6.42 Å². The summed E-state index contributed by atoms with van der Waals surface area (Å²) in [5.41, 5.74) is -1.30. The number of halogens is 2. The smallest absolute Gasteiger partial charge is 0.341 e. The fraction of sp³-hybridized carbons (Fsp3) is 0.0909. The Balaban J connectivity index is 2.91. The maximum absolute atomic E-state index is 13.2. The molecule has 0 saturated carbocycles. The second-order valence-electron chi connectivity index (χ2n) is 3.13. The minimum Gasteiger partial charge on any atom is -0.477 e. The molecule has 18 heavy (non-hydrogen) atoms. The molecule has 0 bridgehead atoms. The van der Waals surface area contributed by atoms with E-state index in [1.807, 2.05) is 0 Å². The van der Waals surface area contributed by atoms with Gasteiger partial charge in [-0.25, -0.2) is 18.4 Å². The van der Waals surface area contributed by atoms with Crippen molar-refractivity contribution in [1.82, 2.24) is 5.32 Å². The summed E-state index contributed by atoms with van der Waals surface area (Å²) in [6.45, 7) is -0.0516. The van der Waals surface area contributed by atoms with Crippen LogP contribution >= 0.6 is 0 Å². The molecule has 0 fully saturated rings. The number of amides is 2. The molecule has 94 valence electrons. The monoisotopic (exact) mass is 254 g/mol. The number of hydrogen-bond acceptors (Lipinski definition) is 2. The molecule has 0 aliphatic carbocycles. The van der Waals surface area contributed by atoms with Gasteiger partial charge in [0.1, 0.15) is 17.2 Å². The van der Waals surface area contributed by atoms with E-state index in [4.69, 9.17) is 11.5 Å². The second-order valence-corrected chi connectivity index (χ2v) is 3.13. The lowest BCUT2D eigenvalue weighted by molar-refractivity contribution is 0.0686. The van der Waals surface area contributed by atoms with Gasteiger partial charge in [0.25, 0.3) is 0 Å². The largest absolute Gasteiger partial charge is 0.477 e. The average molecular weight is 254 g/mol. The number of nitrogens with one attached hydrogen (secondary N) is 2. The first-order valence-corrected chi connectivity index (χ1v) is 4.66. The van der Waals surface area contributed by atoms with E-state index in [1.54, 1.807) is 0 Å². The quantitative estimate of drug-likeness (QED) is 0.714. The summed E-state index contributed by atoms with van der Waals surface area (Å²) in [7, 11) is 0. The highest BCUT2D eigenvalue weighted by Crippen LogP contribution is 2.18. The standard InChI is InChI=1S/C11H8F2N2O3/c1-2-3-14-11(18)15-6-4-7(12)9(10(16)17)8(13)5-6/h1,4-5H,3H2,(H,16,17)(H2,14,15,18). The summed E-state index contributed by atoms with van der Waals surface area (Å²) in [6.07, 6.45) is 4.89. The second kappa shape index (κ2) is 5.63. The molecule has 0 unspecified atom stereocenters. The van der Waals surface area contributed by atoms with Crippen LogP contribution in [0.15, 0.2) is 12.1 Å². The van der Waals surface area contributed by atoms with Crippen molar-refractivity contribution in [2.45, 2.75) is 0 Å². The minimum atomic E-state index is -1.73. The molecule has 2 amide bonds. The molecule has 3 N–H and O–H groups in total. The Hall–Kier alpha value is -2.62. The number of rotatable bonds is 3. The number of terminal acetylenes is 1. The highest BCUT2D eigenvalue weighted by molar-refractivity contribution is 5.92. The number of carbonyl (C=O) groups is 2. The van der Waals surface area contributed by atoms with Crippen molar-refractivity contribution in [2.24, 2.45) is 0 Å². The number of carboxylic acid groups (broad SMARTS) is 1. The fourth-order valence-electron chi connectivity index (χ4n) is 1.16. The predicted molar refractivity (Wildman–Crippen MR) is 59.2 cm³/mol. The van der Waals surface area contributed by atoms with Gasteiger partial charge in [0.2, 0.25) is 0 Å². The molecule has 0 radical (unpaired) electrons. The van der Waals surface area contributed by atoms with Gasteiger partial charge in [0.15, 0.2) is 0 Å². The zero-order valence-electron chi connectivity index (χ0n) is 8.96. The Kier molecular flexibility index (Phi) is 4.21. The van der Waals surface area contributed by atoms with Crippen molar-refractivity contribution in [3.8, 4) is 12.3 Å². The van der Waals surface area contributed by atoms with Crippen molar-refractivity contribution >= 4 is 17.7 Å². The molecular weight excluding hydrogens is 246 g/mol. The van der Waals surface area contributed by atoms with Crippen LogP contribution in [0.5, 0.6) is 0 Å². The van der Waals surface area contributed by atoms with Crippen LogP contribution in [0.4, 0.5) is 19.3 Å². The molecule has 0 aromatic heterocycles. The lowest BCUT2D eigenvalue weighted by atomic mass is 10.2. The maximum Gasteiger partial charge on any atom is 0.341 e. The summed E-state index contributed by atoms with van der Waals surface area (Å²) in [5.74, 6) is -2.16. The van der Waals surface area contributed by atoms with Crippen molar-refractivity contribution < 1.29 is 23.5 Å². The van der Waals surface area contributed by atoms with Gasteiger partial charge in [-0.05, 0) is 12.1 Å². The molecule has 0 aliphatic heterocycles. The van der Waals surface area contributed by atoms with Gasteiger partial charge in [-0.3, -0.25) is 0 Å². The Bertz CT molecular complexity index is 515. The van der Waals surface area contributed by atoms with E-state index >= 15 is 0 Å². The summed E-state index contributed by atoms with van der Waals surface area (Å²) in [4.78, 5) is 21.6. The summed E-state index contributed by atoms with van der Waals surface area (Å²) in [5, 5.41) is 12.8. The highest BCUT2D eigenvalue weighted by Gasteiger charge is 2.18. The Morgan fingerprint density at radius 3 is 2.33 bits per heavy atom. The lowest BCUT2D eigenvalue weighted by Gasteiger charge is -2.07. The number of anilines is 1. The molecule has 1 aromatic carbocycles. The van der Waals surface area contributed by atoms with E-state index in [-0.39, 0.29) is 12.2 Å². The van der Waals surface area contributed by atoms with Crippen molar-refractivity contribution in [2.75, 3.05) is 11.9 Å². The van der Waals surface area contributed by atoms with Gasteiger partial charge < -0.3 is 15.7 Å². The van der Waals surface area contributed by atoms with Crippen LogP contribution in [0.1, 0.15) is 10.4 Å². The van der Waals surface area contributed by atoms with Crippen LogP contribution in [0.2, 0.25) is 0 Å². The number of hydrogen-bond donors (Lipinski definition) is 3. The molecule has 0 atom stereocenters. The van der Waals surface area contributed by atoms with Gasteiger partial charge in [-0.2, -0.15) is 0 Å². The highest BCUT2D eigenvalue weighted by atomic mass is 19.1. The molecule has 0 spiro atoms. The lowest BCUT2D eigenvalue weighted by Crippen LogP contribution is -2.29. The molecular formula is C11H8F2N2O3. The summed E-state index contributed by atoms with van der Waals surface area (Å²) < 4.78 is 26.5. The van der Waals surface area contributed by atoms with E-state index in [0.717, 1.165) is 0 Å². The van der Waals surface area contributed by atoms with Crippen LogP contribution in [0, 0.1) is 24.0 Å².